The van der Waals surface area contributed by atoms with Crippen molar-refractivity contribution in [1.29, 1.82) is 5.41 Å². The third kappa shape index (κ3) is 1.23. The predicted octanol–water partition coefficient (Wildman–Crippen LogP) is 0.160. The molecule has 1 atom stereocenters. The van der Waals surface area contributed by atoms with Crippen LogP contribution in [0.4, 0.5) is 0 Å². The van der Waals surface area contributed by atoms with Gasteiger partial charge >= 0.3 is 0 Å². The average Bonchev–Trinajstić information content (AvgIpc) is 1.89. The van der Waals surface area contributed by atoms with Crippen molar-refractivity contribution in [3.05, 3.63) is 12.2 Å². The maximum Gasteiger partial charge on any atom is 0.154 e. The minimum Gasteiger partial charge on any atom is -0.360 e. The second-order valence-electron chi connectivity index (χ2n) is 1.75. The maximum atomic E-state index is 10.1. The summed E-state index contributed by atoms with van der Waals surface area (Å²) in [4.78, 5) is 10.1. The monoisotopic (exact) mass is 125 g/mol. The molecule has 48 valence electrons. The van der Waals surface area contributed by atoms with Gasteiger partial charge in [-0.3, -0.25) is 4.79 Å². The Labute approximate surface area is 52.8 Å². The lowest BCUT2D eigenvalue weighted by Crippen LogP contribution is -2.26. The maximum absolute atomic E-state index is 10.1. The van der Waals surface area contributed by atoms with Crippen LogP contribution >= 0.6 is 0 Å². The van der Waals surface area contributed by atoms with Crippen molar-refractivity contribution in [1.82, 2.24) is 0 Å². The van der Waals surface area contributed by atoms with Crippen LogP contribution in [0.2, 0.25) is 0 Å². The molecule has 3 nitrogen and oxygen atoms in total. The molecule has 1 unspecified atom stereocenters. The van der Waals surface area contributed by atoms with E-state index >= 15 is 0 Å². The predicted molar refractivity (Wildman–Crippen MR) is 32.7 cm³/mol. The Morgan fingerprint density at radius 3 is 3.11 bits per heavy atom. The van der Waals surface area contributed by atoms with Crippen LogP contribution in [-0.2, 0) is 9.53 Å². The van der Waals surface area contributed by atoms with E-state index in [1.54, 1.807) is 12.2 Å². The zero-order valence-corrected chi connectivity index (χ0v) is 4.83. The highest BCUT2D eigenvalue weighted by molar-refractivity contribution is 6.05. The van der Waals surface area contributed by atoms with Crippen molar-refractivity contribution >= 4 is 12.0 Å². The third-order valence-electron chi connectivity index (χ3n) is 1.10. The van der Waals surface area contributed by atoms with Gasteiger partial charge in [0.15, 0.2) is 12.4 Å². The van der Waals surface area contributed by atoms with Crippen LogP contribution < -0.4 is 0 Å². The van der Waals surface area contributed by atoms with E-state index in [0.717, 1.165) is 0 Å². The summed E-state index contributed by atoms with van der Waals surface area (Å²) in [6.07, 6.45) is 3.30. The summed E-state index contributed by atoms with van der Waals surface area (Å²) < 4.78 is 4.86. The quantitative estimate of drug-likeness (QED) is 0.507. The highest BCUT2D eigenvalue weighted by atomic mass is 16.5. The summed E-state index contributed by atoms with van der Waals surface area (Å²) in [5, 5.41) is 7.10. The highest BCUT2D eigenvalue weighted by Crippen LogP contribution is 1.98. The number of hydrogen-bond donors (Lipinski definition) is 1. The van der Waals surface area contributed by atoms with Gasteiger partial charge < -0.3 is 10.1 Å². The van der Waals surface area contributed by atoms with Crippen LogP contribution in [0, 0.1) is 5.41 Å². The Kier molecular flexibility index (Phi) is 1.75. The van der Waals surface area contributed by atoms with Crippen molar-refractivity contribution in [2.45, 2.75) is 6.10 Å². The molecule has 0 aliphatic carbocycles. The normalized spacial score (nSPS) is 26.2. The molecule has 0 spiro atoms. The lowest BCUT2D eigenvalue weighted by atomic mass is 10.2. The van der Waals surface area contributed by atoms with Gasteiger partial charge in [-0.15, -0.1) is 0 Å². The molecule has 1 aliphatic heterocycles. The molecule has 0 saturated carbocycles. The standard InChI is InChI=1S/C6H7NO2/c7-5-2-1-3-9-6(5)4-8/h1-2,4,6-7H,3H2. The molecule has 1 aliphatic rings. The molecule has 1 heterocycles. The van der Waals surface area contributed by atoms with Crippen molar-refractivity contribution in [2.24, 2.45) is 0 Å². The van der Waals surface area contributed by atoms with Crippen molar-refractivity contribution in [3.8, 4) is 0 Å². The lowest BCUT2D eigenvalue weighted by Gasteiger charge is -2.12. The number of nitrogens with one attached hydrogen (secondary N) is 1. The molecule has 0 bridgehead atoms. The summed E-state index contributed by atoms with van der Waals surface area (Å²) in [5.41, 5.74) is 0.233. The Hall–Kier alpha value is -0.960. The first-order valence-electron chi connectivity index (χ1n) is 2.66. The summed E-state index contributed by atoms with van der Waals surface area (Å²) in [6.45, 7) is 0.436. The number of carbonyl (C=O) groups excluding carboxylic acids is 1. The molecule has 1 N–H and O–H groups in total. The lowest BCUT2D eigenvalue weighted by molar-refractivity contribution is -0.114. The van der Waals surface area contributed by atoms with Crippen LogP contribution in [0.15, 0.2) is 12.2 Å². The van der Waals surface area contributed by atoms with Gasteiger partial charge in [0.05, 0.1) is 12.3 Å². The van der Waals surface area contributed by atoms with Crippen LogP contribution in [0.3, 0.4) is 0 Å². The Morgan fingerprint density at radius 1 is 1.89 bits per heavy atom. The van der Waals surface area contributed by atoms with E-state index in [2.05, 4.69) is 0 Å². The van der Waals surface area contributed by atoms with Gasteiger partial charge in [0, 0.05) is 0 Å². The zero-order valence-electron chi connectivity index (χ0n) is 4.83. The SMILES string of the molecule is N=C1C=CCOC1C=O. The van der Waals surface area contributed by atoms with Crippen LogP contribution in [0.1, 0.15) is 0 Å². The zero-order chi connectivity index (χ0) is 6.69. The summed E-state index contributed by atoms with van der Waals surface area (Å²) in [7, 11) is 0. The van der Waals surface area contributed by atoms with E-state index in [4.69, 9.17) is 10.1 Å². The average molecular weight is 125 g/mol. The van der Waals surface area contributed by atoms with E-state index < -0.39 is 6.10 Å². The van der Waals surface area contributed by atoms with Gasteiger partial charge in [0.25, 0.3) is 0 Å². The summed E-state index contributed by atoms with van der Waals surface area (Å²) in [6, 6.07) is 0. The molecule has 3 heteroatoms. The third-order valence-corrected chi connectivity index (χ3v) is 1.10. The molecule has 0 fully saturated rings. The molecule has 0 saturated heterocycles. The van der Waals surface area contributed by atoms with E-state index in [-0.39, 0.29) is 5.71 Å². The van der Waals surface area contributed by atoms with E-state index in [1.807, 2.05) is 0 Å². The van der Waals surface area contributed by atoms with Gasteiger partial charge in [0.2, 0.25) is 0 Å². The largest absolute Gasteiger partial charge is 0.360 e. The fourth-order valence-corrected chi connectivity index (χ4v) is 0.632. The smallest absolute Gasteiger partial charge is 0.154 e. The second-order valence-corrected chi connectivity index (χ2v) is 1.75. The summed E-state index contributed by atoms with van der Waals surface area (Å²) in [5.74, 6) is 0. The summed E-state index contributed by atoms with van der Waals surface area (Å²) >= 11 is 0. The molecular weight excluding hydrogens is 118 g/mol. The van der Waals surface area contributed by atoms with Gasteiger partial charge in [-0.2, -0.15) is 0 Å². The minimum atomic E-state index is -0.630. The van der Waals surface area contributed by atoms with Gasteiger partial charge in [0.1, 0.15) is 0 Å². The van der Waals surface area contributed by atoms with E-state index in [0.29, 0.717) is 12.9 Å². The fourth-order valence-electron chi connectivity index (χ4n) is 0.632. The highest BCUT2D eigenvalue weighted by Gasteiger charge is 2.13. The van der Waals surface area contributed by atoms with Crippen molar-refractivity contribution < 1.29 is 9.53 Å². The molecule has 0 aromatic rings. The molecule has 0 aromatic heterocycles. The molecule has 0 aromatic carbocycles. The van der Waals surface area contributed by atoms with Crippen molar-refractivity contribution in [2.75, 3.05) is 6.61 Å². The Bertz CT molecular complexity index is 162. The van der Waals surface area contributed by atoms with Crippen molar-refractivity contribution in [3.63, 3.8) is 0 Å². The molecule has 0 amide bonds. The number of aldehydes is 1. The fraction of sp³-hybridized carbons (Fsp3) is 0.333. The topological polar surface area (TPSA) is 50.1 Å². The number of rotatable bonds is 1. The van der Waals surface area contributed by atoms with E-state index in [9.17, 15) is 4.79 Å². The second kappa shape index (κ2) is 2.55. The first-order chi connectivity index (χ1) is 4.34. The first kappa shape index (κ1) is 6.16. The van der Waals surface area contributed by atoms with Crippen LogP contribution in [0.25, 0.3) is 0 Å². The van der Waals surface area contributed by atoms with Gasteiger partial charge in [-0.25, -0.2) is 0 Å². The minimum absolute atomic E-state index is 0.233. The van der Waals surface area contributed by atoms with Crippen LogP contribution in [-0.4, -0.2) is 24.7 Å². The molecule has 1 rings (SSSR count). The Morgan fingerprint density at radius 2 is 2.67 bits per heavy atom. The number of hydrogen-bond acceptors (Lipinski definition) is 3. The Balaban J connectivity index is 2.65. The van der Waals surface area contributed by atoms with E-state index in [1.165, 1.54) is 0 Å². The van der Waals surface area contributed by atoms with Gasteiger partial charge in [-0.1, -0.05) is 6.08 Å². The molecule has 0 radical (unpaired) electrons. The molecule has 9 heavy (non-hydrogen) atoms. The molecular formula is C6H7NO2. The number of carbonyl (C=O) groups is 1. The first-order valence-corrected chi connectivity index (χ1v) is 2.66. The number of ether oxygens (including phenoxy) is 1. The van der Waals surface area contributed by atoms with Gasteiger partial charge in [-0.05, 0) is 6.08 Å². The van der Waals surface area contributed by atoms with Crippen LogP contribution in [0.5, 0.6) is 0 Å².